The number of aromatic amines is 1. The van der Waals surface area contributed by atoms with Crippen LogP contribution in [0.3, 0.4) is 0 Å². The number of aromatic nitrogens is 3. The molecule has 2 rings (SSSR count). The highest BCUT2D eigenvalue weighted by molar-refractivity contribution is 5.31. The molecule has 0 fully saturated rings. The van der Waals surface area contributed by atoms with Gasteiger partial charge < -0.3 is 4.98 Å². The highest BCUT2D eigenvalue weighted by atomic mass is 15.1. The molecular formula is C7H6N4. The molecule has 0 aliphatic heterocycles. The molecule has 4 nitrogen and oxygen atoms in total. The lowest BCUT2D eigenvalue weighted by atomic mass is 10.4. The summed E-state index contributed by atoms with van der Waals surface area (Å²) in [7, 11) is 0. The van der Waals surface area contributed by atoms with Crippen LogP contribution >= 0.6 is 0 Å². The van der Waals surface area contributed by atoms with Gasteiger partial charge in [0.1, 0.15) is 0 Å². The molecule has 4 heteroatoms. The first-order chi connectivity index (χ1) is 5.40. The molecule has 54 valence electrons. The van der Waals surface area contributed by atoms with E-state index in [1.165, 1.54) is 0 Å². The first-order valence-electron chi connectivity index (χ1n) is 3.27. The third-order valence-corrected chi connectivity index (χ3v) is 1.51. The van der Waals surface area contributed by atoms with Gasteiger partial charge in [-0.2, -0.15) is 5.26 Å². The number of nitrogens with one attached hydrogen (secondary N) is 1. The highest BCUT2D eigenvalue weighted by Gasteiger charge is 1.98. The van der Waals surface area contributed by atoms with E-state index >= 15 is 0 Å². The Hall–Kier alpha value is -1.76. The van der Waals surface area contributed by atoms with E-state index in [1.807, 2.05) is 16.8 Å². The molecule has 0 amide bonds. The van der Waals surface area contributed by atoms with Gasteiger partial charge in [0, 0.05) is 24.3 Å². The number of nitriles is 1. The van der Waals surface area contributed by atoms with Crippen LogP contribution in [0.25, 0.3) is 5.78 Å². The van der Waals surface area contributed by atoms with Crippen molar-refractivity contribution in [2.24, 2.45) is 0 Å². The zero-order valence-electron chi connectivity index (χ0n) is 5.78. The molecule has 0 atom stereocenters. The molecule has 0 unspecified atom stereocenters. The minimum absolute atomic E-state index is 0.406. The van der Waals surface area contributed by atoms with Gasteiger partial charge in [-0.3, -0.25) is 4.40 Å². The first-order valence-corrected chi connectivity index (χ1v) is 3.27. The van der Waals surface area contributed by atoms with Gasteiger partial charge in [-0.1, -0.05) is 0 Å². The van der Waals surface area contributed by atoms with Crippen LogP contribution in [0, 0.1) is 11.3 Å². The second-order valence-corrected chi connectivity index (χ2v) is 2.27. The molecule has 1 N–H and O–H groups in total. The van der Waals surface area contributed by atoms with E-state index in [4.69, 9.17) is 5.26 Å². The fraction of sp³-hybridized carbons (Fsp3) is 0.143. The van der Waals surface area contributed by atoms with Crippen LogP contribution in [0.4, 0.5) is 0 Å². The zero-order valence-corrected chi connectivity index (χ0v) is 5.78. The summed E-state index contributed by atoms with van der Waals surface area (Å²) in [5.41, 5.74) is 0.899. The summed E-state index contributed by atoms with van der Waals surface area (Å²) in [6.07, 6.45) is 5.82. The Morgan fingerprint density at radius 3 is 3.36 bits per heavy atom. The SMILES string of the molecule is N#CCc1cn2ccnc2[nH]1. The van der Waals surface area contributed by atoms with Crippen molar-refractivity contribution >= 4 is 5.78 Å². The molecule has 0 saturated carbocycles. The van der Waals surface area contributed by atoms with Crippen LogP contribution in [-0.4, -0.2) is 14.4 Å². The fourth-order valence-electron chi connectivity index (χ4n) is 1.03. The van der Waals surface area contributed by atoms with Crippen molar-refractivity contribution in [3.8, 4) is 6.07 Å². The second kappa shape index (κ2) is 2.13. The maximum atomic E-state index is 8.38. The van der Waals surface area contributed by atoms with Crippen molar-refractivity contribution in [1.82, 2.24) is 14.4 Å². The van der Waals surface area contributed by atoms with Crippen molar-refractivity contribution in [3.05, 3.63) is 24.3 Å². The van der Waals surface area contributed by atoms with Crippen LogP contribution in [0.2, 0.25) is 0 Å². The minimum atomic E-state index is 0.406. The molecule has 0 aromatic carbocycles. The lowest BCUT2D eigenvalue weighted by Crippen LogP contribution is -1.78. The van der Waals surface area contributed by atoms with Gasteiger partial charge in [-0.15, -0.1) is 0 Å². The van der Waals surface area contributed by atoms with Gasteiger partial charge in [-0.25, -0.2) is 4.98 Å². The number of imidazole rings is 2. The molecular weight excluding hydrogens is 140 g/mol. The Kier molecular flexibility index (Phi) is 1.16. The quantitative estimate of drug-likeness (QED) is 0.644. The lowest BCUT2D eigenvalue weighted by Gasteiger charge is -1.79. The van der Waals surface area contributed by atoms with Crippen LogP contribution in [0.1, 0.15) is 5.69 Å². The van der Waals surface area contributed by atoms with E-state index in [0.717, 1.165) is 11.5 Å². The average molecular weight is 146 g/mol. The zero-order chi connectivity index (χ0) is 7.68. The average Bonchev–Trinajstić information content (AvgIpc) is 2.46. The standard InChI is InChI=1S/C7H6N4/c8-2-1-6-5-11-4-3-9-7(11)10-6/h3-5H,1H2,(H,9,10). The van der Waals surface area contributed by atoms with Gasteiger partial charge in [-0.05, 0) is 0 Å². The van der Waals surface area contributed by atoms with E-state index in [0.29, 0.717) is 6.42 Å². The summed E-state index contributed by atoms with van der Waals surface area (Å²) in [5.74, 6) is 0.787. The normalized spacial score (nSPS) is 10.1. The predicted octanol–water partition coefficient (Wildman–Crippen LogP) is 0.728. The van der Waals surface area contributed by atoms with E-state index in [-0.39, 0.29) is 0 Å². The van der Waals surface area contributed by atoms with Gasteiger partial charge in [0.2, 0.25) is 5.78 Å². The van der Waals surface area contributed by atoms with Gasteiger partial charge in [0.15, 0.2) is 0 Å². The first kappa shape index (κ1) is 5.98. The van der Waals surface area contributed by atoms with Crippen molar-refractivity contribution in [1.29, 1.82) is 5.26 Å². The highest BCUT2D eigenvalue weighted by Crippen LogP contribution is 2.01. The smallest absolute Gasteiger partial charge is 0.211 e. The molecule has 11 heavy (non-hydrogen) atoms. The van der Waals surface area contributed by atoms with Crippen molar-refractivity contribution in [3.63, 3.8) is 0 Å². The van der Waals surface area contributed by atoms with Crippen molar-refractivity contribution in [2.45, 2.75) is 6.42 Å². The van der Waals surface area contributed by atoms with Crippen molar-refractivity contribution in [2.75, 3.05) is 0 Å². The fourth-order valence-corrected chi connectivity index (χ4v) is 1.03. The summed E-state index contributed by atoms with van der Waals surface area (Å²) >= 11 is 0. The monoisotopic (exact) mass is 146 g/mol. The number of H-pyrrole nitrogens is 1. The molecule has 0 aliphatic rings. The molecule has 0 bridgehead atoms. The molecule has 0 radical (unpaired) electrons. The topological polar surface area (TPSA) is 56.9 Å². The molecule has 2 aromatic rings. The summed E-state index contributed by atoms with van der Waals surface area (Å²) < 4.78 is 1.85. The predicted molar refractivity (Wildman–Crippen MR) is 38.9 cm³/mol. The Bertz CT molecular complexity index is 375. The summed E-state index contributed by atoms with van der Waals surface area (Å²) in [4.78, 5) is 7.03. The van der Waals surface area contributed by atoms with E-state index in [9.17, 15) is 0 Å². The molecule has 2 heterocycles. The second-order valence-electron chi connectivity index (χ2n) is 2.27. The Labute approximate surface area is 63.1 Å². The summed E-state index contributed by atoms with van der Waals surface area (Å²) in [5, 5.41) is 8.38. The molecule has 2 aromatic heterocycles. The van der Waals surface area contributed by atoms with Gasteiger partial charge in [0.25, 0.3) is 0 Å². The molecule has 0 spiro atoms. The molecule has 0 aliphatic carbocycles. The van der Waals surface area contributed by atoms with Crippen LogP contribution in [0.15, 0.2) is 18.6 Å². The number of nitrogens with zero attached hydrogens (tertiary/aromatic N) is 3. The van der Waals surface area contributed by atoms with Crippen LogP contribution < -0.4 is 0 Å². The van der Waals surface area contributed by atoms with Gasteiger partial charge in [0.05, 0.1) is 12.5 Å². The van der Waals surface area contributed by atoms with Crippen LogP contribution in [0.5, 0.6) is 0 Å². The van der Waals surface area contributed by atoms with E-state index < -0.39 is 0 Å². The lowest BCUT2D eigenvalue weighted by molar-refractivity contribution is 1.15. The number of hydrogen-bond acceptors (Lipinski definition) is 2. The minimum Gasteiger partial charge on any atom is -0.327 e. The largest absolute Gasteiger partial charge is 0.327 e. The number of rotatable bonds is 1. The number of hydrogen-bond donors (Lipinski definition) is 1. The summed E-state index contributed by atoms with van der Waals surface area (Å²) in [6.45, 7) is 0. The number of fused-ring (bicyclic) bond motifs is 1. The van der Waals surface area contributed by atoms with Gasteiger partial charge >= 0.3 is 0 Å². The van der Waals surface area contributed by atoms with E-state index in [2.05, 4.69) is 16.0 Å². The maximum absolute atomic E-state index is 8.38. The Balaban J connectivity index is 2.52. The third-order valence-electron chi connectivity index (χ3n) is 1.51. The summed E-state index contributed by atoms with van der Waals surface area (Å²) in [6, 6.07) is 2.06. The van der Waals surface area contributed by atoms with E-state index in [1.54, 1.807) is 6.20 Å². The maximum Gasteiger partial charge on any atom is 0.211 e. The Morgan fingerprint density at radius 1 is 1.73 bits per heavy atom. The molecule has 0 saturated heterocycles. The third kappa shape index (κ3) is 0.867. The van der Waals surface area contributed by atoms with Crippen molar-refractivity contribution < 1.29 is 0 Å². The van der Waals surface area contributed by atoms with Crippen LogP contribution in [-0.2, 0) is 6.42 Å². The Morgan fingerprint density at radius 2 is 2.64 bits per heavy atom.